The van der Waals surface area contributed by atoms with E-state index < -0.39 is 0 Å². The summed E-state index contributed by atoms with van der Waals surface area (Å²) >= 11 is 29.1. The van der Waals surface area contributed by atoms with Gasteiger partial charge in [0.05, 0.1) is 30.4 Å². The van der Waals surface area contributed by atoms with Crippen LogP contribution in [0.2, 0.25) is 18.7 Å². The number of hydrogen-bond donors (Lipinski definition) is 1. The third-order valence-electron chi connectivity index (χ3n) is 2.52. The number of anilines is 1. The summed E-state index contributed by atoms with van der Waals surface area (Å²) < 4.78 is 2.15. The largest absolute Gasteiger partial charge is 0.376 e. The molecule has 0 saturated carbocycles. The molecule has 0 radical (unpaired) electrons. The molecule has 19 heavy (non-hydrogen) atoms. The summed E-state index contributed by atoms with van der Waals surface area (Å²) in [5.41, 5.74) is 1.60. The summed E-state index contributed by atoms with van der Waals surface area (Å²) in [6.07, 6.45) is 0. The van der Waals surface area contributed by atoms with E-state index in [9.17, 15) is 0 Å². The first-order valence-corrected chi connectivity index (χ1v) is 8.36. The van der Waals surface area contributed by atoms with Gasteiger partial charge in [-0.05, 0) is 25.1 Å². The lowest BCUT2D eigenvalue weighted by Crippen LogP contribution is -2.07. The molecule has 1 aromatic carbocycles. The molecule has 0 amide bonds. The van der Waals surface area contributed by atoms with Gasteiger partial charge in [0.15, 0.2) is 0 Å². The Morgan fingerprint density at radius 1 is 1.11 bits per heavy atom. The van der Waals surface area contributed by atoms with Crippen LogP contribution in [-0.4, -0.2) is 0 Å². The molecule has 0 aliphatic rings. The van der Waals surface area contributed by atoms with E-state index in [-0.39, 0.29) is 6.04 Å². The van der Waals surface area contributed by atoms with Crippen LogP contribution in [-0.2, 0) is 0 Å². The van der Waals surface area contributed by atoms with E-state index in [1.54, 1.807) is 12.1 Å². The Balaban J connectivity index is 2.29. The molecule has 1 atom stereocenters. The monoisotopic (exact) mass is 417 g/mol. The third kappa shape index (κ3) is 3.72. The standard InChI is InChI=1S/C12H8BrCl4NS/c1-5(7-4-10(16)19-12(7)17)18-11-8(14)2-6(13)3-9(11)15/h2-5,18H,1H3. The molecule has 1 nitrogen and oxygen atoms in total. The highest BCUT2D eigenvalue weighted by atomic mass is 79.9. The zero-order valence-electron chi connectivity index (χ0n) is 9.61. The zero-order chi connectivity index (χ0) is 14.2. The molecule has 2 aromatic rings. The van der Waals surface area contributed by atoms with Gasteiger partial charge in [0, 0.05) is 10.0 Å². The number of rotatable bonds is 3. The van der Waals surface area contributed by atoms with Crippen LogP contribution in [0, 0.1) is 0 Å². The van der Waals surface area contributed by atoms with Crippen molar-refractivity contribution >= 4 is 79.4 Å². The minimum atomic E-state index is -0.0487. The predicted molar refractivity (Wildman–Crippen MR) is 90.5 cm³/mol. The first-order valence-electron chi connectivity index (χ1n) is 5.24. The van der Waals surface area contributed by atoms with Gasteiger partial charge >= 0.3 is 0 Å². The molecular weight excluding hydrogens is 412 g/mol. The van der Waals surface area contributed by atoms with Crippen molar-refractivity contribution in [3.8, 4) is 0 Å². The van der Waals surface area contributed by atoms with Gasteiger partial charge < -0.3 is 5.32 Å². The molecule has 1 aromatic heterocycles. The van der Waals surface area contributed by atoms with Crippen molar-refractivity contribution in [2.45, 2.75) is 13.0 Å². The number of nitrogens with one attached hydrogen (secondary N) is 1. The van der Waals surface area contributed by atoms with Gasteiger partial charge in [-0.1, -0.05) is 62.3 Å². The average molecular weight is 420 g/mol. The summed E-state index contributed by atoms with van der Waals surface area (Å²) in [6.45, 7) is 1.97. The zero-order valence-corrected chi connectivity index (χ0v) is 15.0. The van der Waals surface area contributed by atoms with Crippen molar-refractivity contribution < 1.29 is 0 Å². The van der Waals surface area contributed by atoms with E-state index in [1.165, 1.54) is 11.3 Å². The fourth-order valence-electron chi connectivity index (χ4n) is 1.62. The van der Waals surface area contributed by atoms with Crippen LogP contribution in [0.4, 0.5) is 5.69 Å². The topological polar surface area (TPSA) is 12.0 Å². The second-order valence-electron chi connectivity index (χ2n) is 3.89. The average Bonchev–Trinajstić information content (AvgIpc) is 2.62. The van der Waals surface area contributed by atoms with E-state index in [1.807, 2.05) is 13.0 Å². The minimum Gasteiger partial charge on any atom is -0.376 e. The highest BCUT2D eigenvalue weighted by Crippen LogP contribution is 2.39. The molecule has 2 rings (SSSR count). The second-order valence-corrected chi connectivity index (χ2v) is 7.91. The van der Waals surface area contributed by atoms with E-state index in [4.69, 9.17) is 46.4 Å². The number of hydrogen-bond acceptors (Lipinski definition) is 2. The van der Waals surface area contributed by atoms with Crippen molar-refractivity contribution in [1.29, 1.82) is 0 Å². The summed E-state index contributed by atoms with van der Waals surface area (Å²) in [5.74, 6) is 0. The van der Waals surface area contributed by atoms with Crippen molar-refractivity contribution in [3.05, 3.63) is 47.0 Å². The van der Waals surface area contributed by atoms with Gasteiger partial charge in [0.1, 0.15) is 0 Å². The van der Waals surface area contributed by atoms with Crippen LogP contribution < -0.4 is 5.32 Å². The van der Waals surface area contributed by atoms with Crippen LogP contribution in [0.1, 0.15) is 18.5 Å². The van der Waals surface area contributed by atoms with Crippen LogP contribution in [0.5, 0.6) is 0 Å². The smallest absolute Gasteiger partial charge is 0.0996 e. The Kier molecular flexibility index (Phi) is 5.32. The first kappa shape index (κ1) is 15.7. The molecule has 0 aliphatic heterocycles. The van der Waals surface area contributed by atoms with Crippen molar-refractivity contribution in [2.24, 2.45) is 0 Å². The molecule has 1 N–H and O–H groups in total. The fraction of sp³-hybridized carbons (Fsp3) is 0.167. The molecule has 1 unspecified atom stereocenters. The molecule has 0 aliphatic carbocycles. The summed E-state index contributed by atoms with van der Waals surface area (Å²) in [5, 5.41) is 4.35. The molecule has 1 heterocycles. The van der Waals surface area contributed by atoms with Crippen LogP contribution >= 0.6 is 73.7 Å². The molecule has 0 saturated heterocycles. The van der Waals surface area contributed by atoms with Crippen LogP contribution in [0.15, 0.2) is 22.7 Å². The highest BCUT2D eigenvalue weighted by Gasteiger charge is 2.16. The van der Waals surface area contributed by atoms with Gasteiger partial charge in [-0.2, -0.15) is 0 Å². The van der Waals surface area contributed by atoms with Gasteiger partial charge in [-0.3, -0.25) is 0 Å². The van der Waals surface area contributed by atoms with E-state index >= 15 is 0 Å². The Morgan fingerprint density at radius 3 is 2.16 bits per heavy atom. The Labute approximate surface area is 143 Å². The van der Waals surface area contributed by atoms with Gasteiger partial charge in [0.2, 0.25) is 0 Å². The third-order valence-corrected chi connectivity index (χ3v) is 5.09. The summed E-state index contributed by atoms with van der Waals surface area (Å²) in [6, 6.07) is 5.36. The van der Waals surface area contributed by atoms with Crippen molar-refractivity contribution in [3.63, 3.8) is 0 Å². The Hall–Kier alpha value is 0.360. The Bertz CT molecular complexity index is 591. The highest BCUT2D eigenvalue weighted by molar-refractivity contribution is 9.10. The maximum atomic E-state index is 6.18. The number of thiophene rings is 1. The molecule has 0 spiro atoms. The normalized spacial score (nSPS) is 12.5. The van der Waals surface area contributed by atoms with Crippen molar-refractivity contribution in [1.82, 2.24) is 0 Å². The lowest BCUT2D eigenvalue weighted by Gasteiger charge is -2.17. The molecular formula is C12H8BrCl4NS. The SMILES string of the molecule is CC(Nc1c(Cl)cc(Br)cc1Cl)c1cc(Cl)sc1Cl. The molecule has 0 fully saturated rings. The first-order chi connectivity index (χ1) is 8.88. The molecule has 7 heteroatoms. The minimum absolute atomic E-state index is 0.0487. The van der Waals surface area contributed by atoms with Gasteiger partial charge in [-0.15, -0.1) is 11.3 Å². The van der Waals surface area contributed by atoms with E-state index in [0.29, 0.717) is 24.4 Å². The molecule has 0 bridgehead atoms. The van der Waals surface area contributed by atoms with E-state index in [0.717, 1.165) is 10.0 Å². The maximum absolute atomic E-state index is 6.18. The van der Waals surface area contributed by atoms with Gasteiger partial charge in [0.25, 0.3) is 0 Å². The van der Waals surface area contributed by atoms with Crippen LogP contribution in [0.3, 0.4) is 0 Å². The number of halogens is 5. The quantitative estimate of drug-likeness (QED) is 0.550. The summed E-state index contributed by atoms with van der Waals surface area (Å²) in [4.78, 5) is 0. The maximum Gasteiger partial charge on any atom is 0.0996 e. The summed E-state index contributed by atoms with van der Waals surface area (Å²) in [7, 11) is 0. The van der Waals surface area contributed by atoms with Gasteiger partial charge in [-0.25, -0.2) is 0 Å². The van der Waals surface area contributed by atoms with Crippen molar-refractivity contribution in [2.75, 3.05) is 5.32 Å². The second kappa shape index (κ2) is 6.42. The predicted octanol–water partition coefficient (Wildman–Crippen LogP) is 7.30. The lowest BCUT2D eigenvalue weighted by atomic mass is 10.1. The van der Waals surface area contributed by atoms with Crippen LogP contribution in [0.25, 0.3) is 0 Å². The van der Waals surface area contributed by atoms with E-state index in [2.05, 4.69) is 21.2 Å². The molecule has 102 valence electrons. The number of benzene rings is 1. The Morgan fingerprint density at radius 2 is 1.68 bits per heavy atom. The lowest BCUT2D eigenvalue weighted by molar-refractivity contribution is 0.891. The fourth-order valence-corrected chi connectivity index (χ4v) is 4.59.